The molecule has 2 rings (SSSR count). The monoisotopic (exact) mass is 265 g/mol. The quantitative estimate of drug-likeness (QED) is 0.745. The highest BCUT2D eigenvalue weighted by Crippen LogP contribution is 2.13. The number of aromatic carboxylic acids is 1. The van der Waals surface area contributed by atoms with Gasteiger partial charge in [0.2, 0.25) is 0 Å². The Morgan fingerprint density at radius 3 is 2.95 bits per heavy atom. The minimum atomic E-state index is -0.973. The summed E-state index contributed by atoms with van der Waals surface area (Å²) in [6, 6.07) is 4.75. The zero-order chi connectivity index (χ0) is 13.7. The lowest BCUT2D eigenvalue weighted by Gasteiger charge is -2.04. The summed E-state index contributed by atoms with van der Waals surface area (Å²) in [7, 11) is 1.62. The fourth-order valence-corrected chi connectivity index (χ4v) is 1.67. The highest BCUT2D eigenvalue weighted by molar-refractivity contribution is 5.92. The van der Waals surface area contributed by atoms with E-state index >= 15 is 0 Å². The van der Waals surface area contributed by atoms with E-state index in [2.05, 4.69) is 10.3 Å². The topological polar surface area (TPSA) is 86.5 Å². The molecule has 0 saturated heterocycles. The summed E-state index contributed by atoms with van der Waals surface area (Å²) in [5, 5.41) is 16.8. The van der Waals surface area contributed by atoms with Crippen LogP contribution >= 0.6 is 0 Å². The number of aromatic nitrogens is 3. The van der Waals surface area contributed by atoms with Gasteiger partial charge in [-0.05, 0) is 18.2 Å². The number of carboxylic acids is 1. The van der Waals surface area contributed by atoms with Crippen LogP contribution in [0.1, 0.15) is 10.4 Å². The highest BCUT2D eigenvalue weighted by atomic mass is 16.5. The van der Waals surface area contributed by atoms with E-state index in [1.165, 1.54) is 12.1 Å². The molecular formula is C12H15N3O4. The second kappa shape index (κ2) is 6.26. The molecule has 0 saturated carbocycles. The first kappa shape index (κ1) is 13.4. The van der Waals surface area contributed by atoms with Crippen LogP contribution in [0.4, 0.5) is 0 Å². The van der Waals surface area contributed by atoms with Crippen molar-refractivity contribution in [2.45, 2.75) is 6.54 Å². The lowest BCUT2D eigenvalue weighted by Crippen LogP contribution is -2.10. The fourth-order valence-electron chi connectivity index (χ4n) is 1.67. The van der Waals surface area contributed by atoms with Crippen LogP contribution in [0.15, 0.2) is 18.2 Å². The molecule has 1 aromatic heterocycles. The zero-order valence-corrected chi connectivity index (χ0v) is 10.6. The average molecular weight is 265 g/mol. The van der Waals surface area contributed by atoms with Crippen molar-refractivity contribution in [2.75, 3.05) is 26.9 Å². The largest absolute Gasteiger partial charge is 0.478 e. The number of benzene rings is 1. The van der Waals surface area contributed by atoms with Gasteiger partial charge in [0.1, 0.15) is 5.52 Å². The van der Waals surface area contributed by atoms with Gasteiger partial charge in [-0.3, -0.25) is 0 Å². The van der Waals surface area contributed by atoms with Gasteiger partial charge in [-0.15, -0.1) is 5.10 Å². The summed E-state index contributed by atoms with van der Waals surface area (Å²) in [5.41, 5.74) is 1.56. The third-order valence-corrected chi connectivity index (χ3v) is 2.64. The molecule has 2 aromatic rings. The SMILES string of the molecule is COCCOCCn1nnc2cc(C(=O)O)ccc21. The molecule has 0 spiro atoms. The Hall–Kier alpha value is -1.99. The van der Waals surface area contributed by atoms with E-state index in [1.807, 2.05) is 0 Å². The molecule has 0 aliphatic rings. The molecule has 0 bridgehead atoms. The molecule has 102 valence electrons. The maximum atomic E-state index is 10.8. The molecule has 7 heteroatoms. The van der Waals surface area contributed by atoms with Gasteiger partial charge in [0.15, 0.2) is 0 Å². The third-order valence-electron chi connectivity index (χ3n) is 2.64. The summed E-state index contributed by atoms with van der Waals surface area (Å²) in [6.45, 7) is 2.15. The number of fused-ring (bicyclic) bond motifs is 1. The molecule has 1 N–H and O–H groups in total. The van der Waals surface area contributed by atoms with Crippen molar-refractivity contribution in [3.63, 3.8) is 0 Å². The Labute approximate surface area is 109 Å². The van der Waals surface area contributed by atoms with Crippen LogP contribution in [0, 0.1) is 0 Å². The van der Waals surface area contributed by atoms with Crippen LogP contribution in [0.5, 0.6) is 0 Å². The van der Waals surface area contributed by atoms with E-state index in [9.17, 15) is 4.79 Å². The van der Waals surface area contributed by atoms with Crippen LogP contribution < -0.4 is 0 Å². The van der Waals surface area contributed by atoms with E-state index in [0.29, 0.717) is 31.9 Å². The first-order chi connectivity index (χ1) is 9.22. The molecule has 7 nitrogen and oxygen atoms in total. The summed E-state index contributed by atoms with van der Waals surface area (Å²) in [4.78, 5) is 10.8. The minimum absolute atomic E-state index is 0.205. The Bertz CT molecular complexity index is 567. The standard InChI is InChI=1S/C12H15N3O4/c1-18-6-7-19-5-4-15-11-3-2-9(12(16)17)8-10(11)13-14-15/h2-3,8H,4-7H2,1H3,(H,16,17). The van der Waals surface area contributed by atoms with Crippen molar-refractivity contribution in [3.8, 4) is 0 Å². The van der Waals surface area contributed by atoms with Crippen molar-refractivity contribution in [1.29, 1.82) is 0 Å². The number of carboxylic acid groups (broad SMARTS) is 1. The predicted molar refractivity (Wildman–Crippen MR) is 67.2 cm³/mol. The molecule has 0 aliphatic heterocycles. The van der Waals surface area contributed by atoms with Crippen LogP contribution in [-0.2, 0) is 16.0 Å². The Morgan fingerprint density at radius 1 is 1.37 bits per heavy atom. The van der Waals surface area contributed by atoms with Gasteiger partial charge in [-0.25, -0.2) is 9.48 Å². The van der Waals surface area contributed by atoms with Crippen LogP contribution in [-0.4, -0.2) is 53.0 Å². The lowest BCUT2D eigenvalue weighted by atomic mass is 10.2. The normalized spacial score (nSPS) is 11.0. The second-order valence-corrected chi connectivity index (χ2v) is 3.93. The maximum Gasteiger partial charge on any atom is 0.335 e. The third kappa shape index (κ3) is 3.27. The summed E-state index contributed by atoms with van der Waals surface area (Å²) in [6.07, 6.45) is 0. The predicted octanol–water partition coefficient (Wildman–Crippen LogP) is 0.792. The van der Waals surface area contributed by atoms with E-state index < -0.39 is 5.97 Å². The van der Waals surface area contributed by atoms with Crippen molar-refractivity contribution in [1.82, 2.24) is 15.0 Å². The molecule has 0 radical (unpaired) electrons. The molecule has 0 atom stereocenters. The van der Waals surface area contributed by atoms with Gasteiger partial charge >= 0.3 is 5.97 Å². The average Bonchev–Trinajstić information content (AvgIpc) is 2.81. The number of ether oxygens (including phenoxy) is 2. The first-order valence-corrected chi connectivity index (χ1v) is 5.85. The maximum absolute atomic E-state index is 10.8. The van der Waals surface area contributed by atoms with E-state index in [1.54, 1.807) is 17.9 Å². The number of nitrogens with zero attached hydrogens (tertiary/aromatic N) is 3. The van der Waals surface area contributed by atoms with E-state index in [-0.39, 0.29) is 5.56 Å². The molecule has 0 fully saturated rings. The van der Waals surface area contributed by atoms with Gasteiger partial charge in [-0.2, -0.15) is 0 Å². The van der Waals surface area contributed by atoms with Crippen LogP contribution in [0.2, 0.25) is 0 Å². The second-order valence-electron chi connectivity index (χ2n) is 3.93. The number of hydrogen-bond donors (Lipinski definition) is 1. The summed E-state index contributed by atoms with van der Waals surface area (Å²) >= 11 is 0. The van der Waals surface area contributed by atoms with Gasteiger partial charge in [0, 0.05) is 7.11 Å². The Morgan fingerprint density at radius 2 is 2.21 bits per heavy atom. The van der Waals surface area contributed by atoms with Gasteiger partial charge < -0.3 is 14.6 Å². The molecule has 0 amide bonds. The fraction of sp³-hybridized carbons (Fsp3) is 0.417. The molecule has 1 aromatic carbocycles. The van der Waals surface area contributed by atoms with Crippen molar-refractivity contribution in [3.05, 3.63) is 23.8 Å². The number of hydrogen-bond acceptors (Lipinski definition) is 5. The zero-order valence-electron chi connectivity index (χ0n) is 10.6. The van der Waals surface area contributed by atoms with Crippen molar-refractivity contribution in [2.24, 2.45) is 0 Å². The van der Waals surface area contributed by atoms with E-state index in [4.69, 9.17) is 14.6 Å². The van der Waals surface area contributed by atoms with Crippen LogP contribution in [0.25, 0.3) is 11.0 Å². The highest BCUT2D eigenvalue weighted by Gasteiger charge is 2.08. The molecule has 0 aliphatic carbocycles. The number of carbonyl (C=O) groups is 1. The molecular weight excluding hydrogens is 250 g/mol. The summed E-state index contributed by atoms with van der Waals surface area (Å²) in [5.74, 6) is -0.973. The van der Waals surface area contributed by atoms with Gasteiger partial charge in [0.25, 0.3) is 0 Å². The number of methoxy groups -OCH3 is 1. The number of rotatable bonds is 7. The first-order valence-electron chi connectivity index (χ1n) is 5.85. The minimum Gasteiger partial charge on any atom is -0.478 e. The Kier molecular flexibility index (Phi) is 4.43. The van der Waals surface area contributed by atoms with Crippen molar-refractivity contribution >= 4 is 17.0 Å². The Balaban J connectivity index is 2.02. The smallest absolute Gasteiger partial charge is 0.335 e. The van der Waals surface area contributed by atoms with Gasteiger partial charge in [0.05, 0.1) is 37.4 Å². The molecule has 19 heavy (non-hydrogen) atoms. The van der Waals surface area contributed by atoms with E-state index in [0.717, 1.165) is 5.52 Å². The summed E-state index contributed by atoms with van der Waals surface area (Å²) < 4.78 is 11.9. The molecule has 0 unspecified atom stereocenters. The van der Waals surface area contributed by atoms with Crippen LogP contribution in [0.3, 0.4) is 0 Å². The lowest BCUT2D eigenvalue weighted by molar-refractivity contribution is 0.0656. The van der Waals surface area contributed by atoms with Crippen molar-refractivity contribution < 1.29 is 19.4 Å². The molecule has 1 heterocycles. The van der Waals surface area contributed by atoms with Gasteiger partial charge in [-0.1, -0.05) is 5.21 Å².